The molecule has 0 spiro atoms. The summed E-state index contributed by atoms with van der Waals surface area (Å²) in [5.74, 6) is 4.48. The summed E-state index contributed by atoms with van der Waals surface area (Å²) in [7, 11) is 3.50. The van der Waals surface area contributed by atoms with Crippen molar-refractivity contribution in [3.05, 3.63) is 271 Å². The number of fused-ring (bicyclic) bond motifs is 4. The summed E-state index contributed by atoms with van der Waals surface area (Å²) in [5.41, 5.74) is 26.2. The fourth-order valence-electron chi connectivity index (χ4n) is 15.7. The normalized spacial score (nSPS) is 13.5. The Bertz CT molecular complexity index is 5640. The predicted octanol–water partition coefficient (Wildman–Crippen LogP) is 26.2. The Balaban J connectivity index is 0.000000160. The van der Waals surface area contributed by atoms with Crippen molar-refractivity contribution in [1.82, 2.24) is 19.9 Å². The van der Waals surface area contributed by atoms with Gasteiger partial charge in [-0.15, -0.1) is 0 Å². The van der Waals surface area contributed by atoms with E-state index in [9.17, 15) is 8.78 Å². The zero-order valence-electron chi connectivity index (χ0n) is 61.2. The van der Waals surface area contributed by atoms with Crippen LogP contribution < -0.4 is 14.4 Å². The molecule has 18 rings (SSSR count). The van der Waals surface area contributed by atoms with Gasteiger partial charge in [-0.05, 0) is 208 Å². The molecule has 2 aliphatic carbocycles. The average molecular weight is 1430 g/mol. The number of ether oxygens (including phenoxy) is 2. The first-order valence-electron chi connectivity index (χ1n) is 37.7. The maximum absolute atomic E-state index is 14.8. The third kappa shape index (κ3) is 14.0. The molecule has 0 amide bonds. The molecule has 12 aromatic carbocycles. The van der Waals surface area contributed by atoms with Gasteiger partial charge in [-0.2, -0.15) is 0 Å². The number of aromatic nitrogens is 4. The second-order valence-electron chi connectivity index (χ2n) is 28.5. The number of methoxy groups -OCH3 is 2. The van der Waals surface area contributed by atoms with Crippen LogP contribution in [0.1, 0.15) is 107 Å². The van der Waals surface area contributed by atoms with Gasteiger partial charge in [-0.25, -0.2) is 28.7 Å². The third-order valence-electron chi connectivity index (χ3n) is 21.9. The van der Waals surface area contributed by atoms with E-state index in [1.165, 1.54) is 98.6 Å². The molecule has 4 aromatic heterocycles. The van der Waals surface area contributed by atoms with Crippen molar-refractivity contribution >= 4 is 50.1 Å². The molecule has 13 heteroatoms. The number of oxazole rings is 4. The summed E-state index contributed by atoms with van der Waals surface area (Å²) in [6.45, 7) is 7.14. The monoisotopic (exact) mass is 1430 g/mol. The van der Waals surface area contributed by atoms with Crippen molar-refractivity contribution in [3.63, 3.8) is 0 Å². The molecule has 2 saturated carbocycles. The van der Waals surface area contributed by atoms with Crippen molar-refractivity contribution in [1.29, 1.82) is 0 Å². The van der Waals surface area contributed by atoms with Crippen LogP contribution in [-0.4, -0.2) is 47.2 Å². The lowest BCUT2D eigenvalue weighted by atomic mass is 9.83. The summed E-state index contributed by atoms with van der Waals surface area (Å²) in [4.78, 5) is 20.8. The van der Waals surface area contributed by atoms with E-state index in [1.54, 1.807) is 33.3 Å². The molecule has 0 aliphatic heterocycles. The molecule has 0 saturated heterocycles. The first kappa shape index (κ1) is 68.9. The Kier molecular flexibility index (Phi) is 19.1. The number of hydrogen-bond acceptors (Lipinski definition) is 11. The van der Waals surface area contributed by atoms with E-state index in [4.69, 9.17) is 37.1 Å². The van der Waals surface area contributed by atoms with E-state index in [0.29, 0.717) is 81.9 Å². The Morgan fingerprint density at radius 1 is 0.315 bits per heavy atom. The van der Waals surface area contributed by atoms with E-state index < -0.39 is 0 Å². The van der Waals surface area contributed by atoms with Gasteiger partial charge in [-0.1, -0.05) is 184 Å². The van der Waals surface area contributed by atoms with Gasteiger partial charge in [-0.3, -0.25) is 0 Å². The largest absolute Gasteiger partial charge is 0.496 e. The molecule has 0 atom stereocenters. The van der Waals surface area contributed by atoms with Crippen molar-refractivity contribution in [3.8, 4) is 124 Å². The van der Waals surface area contributed by atoms with Crippen LogP contribution in [0.4, 0.5) is 14.5 Å². The highest BCUT2D eigenvalue weighted by atomic mass is 19.1. The summed E-state index contributed by atoms with van der Waals surface area (Å²) in [6.07, 6.45) is 12.6. The number of rotatable bonds is 17. The van der Waals surface area contributed by atoms with Crippen molar-refractivity contribution in [2.24, 2.45) is 0 Å². The molecule has 0 bridgehead atoms. The lowest BCUT2D eigenvalue weighted by molar-refractivity contribution is 0.387. The van der Waals surface area contributed by atoms with E-state index in [1.807, 2.05) is 79.4 Å². The van der Waals surface area contributed by atoms with Crippen molar-refractivity contribution in [2.45, 2.75) is 96.8 Å². The van der Waals surface area contributed by atoms with Gasteiger partial charge >= 0.3 is 0 Å². The lowest BCUT2D eigenvalue weighted by Crippen LogP contribution is -2.22. The van der Waals surface area contributed by atoms with Crippen LogP contribution in [0.2, 0.25) is 0 Å². The molecule has 0 unspecified atom stereocenters. The SMILES string of the molecule is CCN(CC)c1cc2oc(-c3ccc(-c4ccc(-c5ccc(-c6ccc(-c7nc8cc(F)c(C)cc8o7)cc6)cc5)cc4)cc3)nc2cc1F.COc1cc2oc(-c3ccc(-c4ccc(-c5ccc(-c6ccc(-c7nc8cc(C9CCCCC9)c(OC)cc8o7)cc6)cc5)cc4)cc3)nc2cc1C1CCCCC1. The van der Waals surface area contributed by atoms with Crippen LogP contribution in [-0.2, 0) is 0 Å². The molecule has 11 nitrogen and oxygen atoms in total. The Hall–Kier alpha value is -12.2. The second kappa shape index (κ2) is 30.0. The summed E-state index contributed by atoms with van der Waals surface area (Å²) < 4.78 is 64.8. The molecule has 16 aromatic rings. The molecule has 4 heterocycles. The zero-order valence-corrected chi connectivity index (χ0v) is 61.2. The molecule has 536 valence electrons. The van der Waals surface area contributed by atoms with E-state index in [0.717, 1.165) is 112 Å². The number of hydrogen-bond donors (Lipinski definition) is 0. The highest BCUT2D eigenvalue weighted by Gasteiger charge is 2.25. The molecule has 2 fully saturated rings. The van der Waals surface area contributed by atoms with Gasteiger partial charge in [0, 0.05) is 65.7 Å². The van der Waals surface area contributed by atoms with Crippen LogP contribution >= 0.6 is 0 Å². The van der Waals surface area contributed by atoms with Crippen LogP contribution in [0.5, 0.6) is 11.5 Å². The topological polar surface area (TPSA) is 126 Å². The molecular formula is C95H81F2N5O6. The van der Waals surface area contributed by atoms with Gasteiger partial charge < -0.3 is 32.0 Å². The number of benzene rings is 12. The summed E-state index contributed by atoms with van der Waals surface area (Å²) in [5, 5.41) is 0. The highest BCUT2D eigenvalue weighted by molar-refractivity contribution is 5.85. The number of nitrogens with zero attached hydrogens (tertiary/aromatic N) is 5. The fourth-order valence-corrected chi connectivity index (χ4v) is 15.7. The first-order valence-corrected chi connectivity index (χ1v) is 37.7. The molecule has 0 N–H and O–H groups in total. The Labute approximate surface area is 626 Å². The maximum atomic E-state index is 14.8. The second-order valence-corrected chi connectivity index (χ2v) is 28.5. The van der Waals surface area contributed by atoms with Crippen LogP contribution in [0, 0.1) is 18.6 Å². The van der Waals surface area contributed by atoms with E-state index in [2.05, 4.69) is 168 Å². The number of aryl methyl sites for hydroxylation is 1. The lowest BCUT2D eigenvalue weighted by Gasteiger charge is -2.23. The Morgan fingerprint density at radius 2 is 0.556 bits per heavy atom. The molecular weight excluding hydrogens is 1350 g/mol. The van der Waals surface area contributed by atoms with Crippen LogP contribution in [0.25, 0.3) is 157 Å². The molecule has 0 radical (unpaired) electrons. The van der Waals surface area contributed by atoms with Crippen LogP contribution in [0.3, 0.4) is 0 Å². The minimum atomic E-state index is -0.296. The maximum Gasteiger partial charge on any atom is 0.227 e. The van der Waals surface area contributed by atoms with Crippen molar-refractivity contribution < 1.29 is 35.9 Å². The van der Waals surface area contributed by atoms with Gasteiger partial charge in [0.05, 0.1) is 19.9 Å². The summed E-state index contributed by atoms with van der Waals surface area (Å²) >= 11 is 0. The molecule has 2 aliphatic rings. The Morgan fingerprint density at radius 3 is 0.824 bits per heavy atom. The van der Waals surface area contributed by atoms with Crippen molar-refractivity contribution in [2.75, 3.05) is 32.2 Å². The van der Waals surface area contributed by atoms with Gasteiger partial charge in [0.25, 0.3) is 0 Å². The predicted molar refractivity (Wildman–Crippen MR) is 430 cm³/mol. The molecule has 108 heavy (non-hydrogen) atoms. The van der Waals surface area contributed by atoms with E-state index >= 15 is 0 Å². The first-order chi connectivity index (χ1) is 53.0. The number of anilines is 1. The average Bonchev–Trinajstić information content (AvgIpc) is 1.62. The minimum Gasteiger partial charge on any atom is -0.496 e. The minimum absolute atomic E-state index is 0.291. The summed E-state index contributed by atoms with van der Waals surface area (Å²) in [6, 6.07) is 82.2. The van der Waals surface area contributed by atoms with Crippen LogP contribution in [0.15, 0.2) is 260 Å². The highest BCUT2D eigenvalue weighted by Crippen LogP contribution is 2.44. The van der Waals surface area contributed by atoms with Gasteiger partial charge in [0.2, 0.25) is 23.6 Å². The third-order valence-corrected chi connectivity index (χ3v) is 21.9. The fraction of sp³-hybridized carbons (Fsp3) is 0.200. The van der Waals surface area contributed by atoms with Gasteiger partial charge in [0.1, 0.15) is 45.2 Å². The zero-order chi connectivity index (χ0) is 73.4. The number of halogens is 2. The van der Waals surface area contributed by atoms with Gasteiger partial charge in [0.15, 0.2) is 22.3 Å². The quantitative estimate of drug-likeness (QED) is 0.0865. The standard InChI is InChI=1S/C52H48N2O4.C43H33F2N3O2/c1-55-47-31-49-45(29-43(47)39-9-5-3-6-10-39)53-51(57-49)41-25-21-37(22-26-41)35-17-13-33(14-18-35)34-15-19-36(20-16-34)38-23-27-42(28-24-38)52-54-46-30-44(40-11-7-4-8-12-40)48(56-2)32-50(46)58-52;1-4-48(5-2)39-25-41-38(24-36(39)45)47-43(50-41)34-20-16-32(17-21-34)30-12-8-28(9-13-30)27-6-10-29(11-7-27)31-14-18-33(19-15-31)42-46-37-23-35(44)26(3)22-40(37)49-42/h13-32,39-40H,3-12H2,1-2H3;6-25H,4-5H2,1-3H3. The smallest absolute Gasteiger partial charge is 0.227 e. The van der Waals surface area contributed by atoms with E-state index in [-0.39, 0.29) is 11.6 Å².